The second-order valence-electron chi connectivity index (χ2n) is 8.20. The summed E-state index contributed by atoms with van der Waals surface area (Å²) in [7, 11) is 0. The fraction of sp³-hybridized carbons (Fsp3) is 0.880. The molecule has 0 aliphatic heterocycles. The predicted octanol–water partition coefficient (Wildman–Crippen LogP) is 5.86. The Balaban J connectivity index is 3.67. The van der Waals surface area contributed by atoms with Gasteiger partial charge in [-0.3, -0.25) is 4.79 Å². The first-order valence-electron chi connectivity index (χ1n) is 12.7. The van der Waals surface area contributed by atoms with Crippen LogP contribution in [0.3, 0.4) is 0 Å². The van der Waals surface area contributed by atoms with E-state index in [2.05, 4.69) is 12.2 Å². The van der Waals surface area contributed by atoms with Crippen LogP contribution in [0.2, 0.25) is 0 Å². The van der Waals surface area contributed by atoms with Gasteiger partial charge in [0.05, 0.1) is 13.2 Å². The zero-order valence-corrected chi connectivity index (χ0v) is 20.3. The van der Waals surface area contributed by atoms with Crippen LogP contribution >= 0.6 is 0 Å². The molecule has 0 saturated carbocycles. The van der Waals surface area contributed by atoms with Gasteiger partial charge in [-0.2, -0.15) is 0 Å². The number of nitrogens with one attached hydrogen (secondary N) is 1. The predicted molar refractivity (Wildman–Crippen MR) is 125 cm³/mol. The molecule has 182 valence electrons. The number of ether oxygens (including phenoxy) is 2. The summed E-state index contributed by atoms with van der Waals surface area (Å²) in [6.07, 6.45) is 19.3. The van der Waals surface area contributed by atoms with Gasteiger partial charge in [0.15, 0.2) is 0 Å². The minimum atomic E-state index is -1.37. The maximum absolute atomic E-state index is 12.1. The maximum Gasteiger partial charge on any atom is 0.340 e. The molecular formula is C25H47NO5. The second kappa shape index (κ2) is 21.6. The molecule has 0 aliphatic rings. The van der Waals surface area contributed by atoms with Crippen LogP contribution in [0, 0.1) is 0 Å². The van der Waals surface area contributed by atoms with Gasteiger partial charge >= 0.3 is 11.9 Å². The molecule has 6 heteroatoms. The van der Waals surface area contributed by atoms with E-state index in [1.165, 1.54) is 77.0 Å². The molecule has 0 bridgehead atoms. The van der Waals surface area contributed by atoms with Crippen molar-refractivity contribution in [1.82, 2.24) is 5.32 Å². The number of rotatable bonds is 21. The quantitative estimate of drug-likeness (QED) is 0.137. The molecule has 0 spiro atoms. The Morgan fingerprint density at radius 3 is 1.29 bits per heavy atom. The number of carbonyl (C=O) groups excluding carboxylic acids is 3. The average Bonchev–Trinajstić information content (AvgIpc) is 2.75. The smallest absolute Gasteiger partial charge is 0.340 e. The minimum Gasteiger partial charge on any atom is -0.464 e. The van der Waals surface area contributed by atoms with E-state index in [1.54, 1.807) is 13.8 Å². The Morgan fingerprint density at radius 2 is 0.935 bits per heavy atom. The monoisotopic (exact) mass is 441 g/mol. The van der Waals surface area contributed by atoms with Crippen LogP contribution in [0.1, 0.15) is 124 Å². The van der Waals surface area contributed by atoms with Crippen LogP contribution in [-0.4, -0.2) is 37.1 Å². The van der Waals surface area contributed by atoms with Crippen molar-refractivity contribution < 1.29 is 23.9 Å². The molecular weight excluding hydrogens is 394 g/mol. The number of hydrogen-bond acceptors (Lipinski definition) is 5. The van der Waals surface area contributed by atoms with Crippen LogP contribution < -0.4 is 5.32 Å². The van der Waals surface area contributed by atoms with Crippen molar-refractivity contribution in [3.8, 4) is 0 Å². The number of esters is 2. The molecule has 0 aromatic heterocycles. The van der Waals surface area contributed by atoms with Crippen molar-refractivity contribution in [3.05, 3.63) is 0 Å². The molecule has 31 heavy (non-hydrogen) atoms. The fourth-order valence-corrected chi connectivity index (χ4v) is 3.56. The van der Waals surface area contributed by atoms with Gasteiger partial charge in [-0.1, -0.05) is 96.8 Å². The van der Waals surface area contributed by atoms with E-state index in [9.17, 15) is 14.4 Å². The molecule has 0 fully saturated rings. The lowest BCUT2D eigenvalue weighted by molar-refractivity contribution is -0.159. The van der Waals surface area contributed by atoms with Crippen molar-refractivity contribution in [1.29, 1.82) is 0 Å². The molecule has 0 aromatic carbocycles. The summed E-state index contributed by atoms with van der Waals surface area (Å²) in [6, 6.07) is -1.37. The molecule has 0 heterocycles. The highest BCUT2D eigenvalue weighted by atomic mass is 16.6. The number of amides is 1. The number of unbranched alkanes of at least 4 members (excludes halogenated alkanes) is 14. The molecule has 0 atom stereocenters. The van der Waals surface area contributed by atoms with Gasteiger partial charge in [-0.05, 0) is 20.3 Å². The molecule has 0 aromatic rings. The van der Waals surface area contributed by atoms with Gasteiger partial charge in [0.1, 0.15) is 0 Å². The fourth-order valence-electron chi connectivity index (χ4n) is 3.56. The Hall–Kier alpha value is -1.59. The van der Waals surface area contributed by atoms with E-state index in [-0.39, 0.29) is 19.1 Å². The van der Waals surface area contributed by atoms with Gasteiger partial charge in [0.25, 0.3) is 0 Å². The standard InChI is InChI=1S/C25H47NO5/c1-4-7-8-9-10-11-12-13-14-15-16-17-18-19-20-21-22(27)26-23(24(28)30-5-2)25(29)31-6-3/h23H,4-21H2,1-3H3,(H,26,27). The Bertz CT molecular complexity index is 449. The molecule has 0 rings (SSSR count). The number of carbonyl (C=O) groups is 3. The molecule has 0 saturated heterocycles. The van der Waals surface area contributed by atoms with Gasteiger partial charge in [-0.25, -0.2) is 9.59 Å². The summed E-state index contributed by atoms with van der Waals surface area (Å²) in [4.78, 5) is 35.8. The first-order chi connectivity index (χ1) is 15.1. The van der Waals surface area contributed by atoms with E-state index in [0.29, 0.717) is 6.42 Å². The summed E-state index contributed by atoms with van der Waals surface area (Å²) in [5.41, 5.74) is 0. The molecule has 0 aliphatic carbocycles. The minimum absolute atomic E-state index is 0.143. The van der Waals surface area contributed by atoms with Crippen LogP contribution in [-0.2, 0) is 23.9 Å². The highest BCUT2D eigenvalue weighted by Crippen LogP contribution is 2.13. The maximum atomic E-state index is 12.1. The van der Waals surface area contributed by atoms with Crippen LogP contribution in [0.15, 0.2) is 0 Å². The summed E-state index contributed by atoms with van der Waals surface area (Å²) < 4.78 is 9.70. The van der Waals surface area contributed by atoms with Crippen molar-refractivity contribution in [2.45, 2.75) is 130 Å². The lowest BCUT2D eigenvalue weighted by Gasteiger charge is -2.15. The van der Waals surface area contributed by atoms with Crippen LogP contribution in [0.4, 0.5) is 0 Å². The Morgan fingerprint density at radius 1 is 0.581 bits per heavy atom. The number of hydrogen-bond donors (Lipinski definition) is 1. The summed E-state index contributed by atoms with van der Waals surface area (Å²) in [5, 5.41) is 2.45. The van der Waals surface area contributed by atoms with Gasteiger partial charge < -0.3 is 14.8 Å². The second-order valence-corrected chi connectivity index (χ2v) is 8.20. The molecule has 0 radical (unpaired) electrons. The van der Waals surface area contributed by atoms with Crippen molar-refractivity contribution >= 4 is 17.8 Å². The highest BCUT2D eigenvalue weighted by molar-refractivity contribution is 6.02. The normalized spacial score (nSPS) is 10.8. The van der Waals surface area contributed by atoms with E-state index in [4.69, 9.17) is 9.47 Å². The van der Waals surface area contributed by atoms with Gasteiger partial charge in [0, 0.05) is 6.42 Å². The van der Waals surface area contributed by atoms with Crippen LogP contribution in [0.5, 0.6) is 0 Å². The zero-order valence-electron chi connectivity index (χ0n) is 20.3. The lowest BCUT2D eigenvalue weighted by Crippen LogP contribution is -2.48. The molecule has 1 N–H and O–H groups in total. The van der Waals surface area contributed by atoms with E-state index < -0.39 is 18.0 Å². The summed E-state index contributed by atoms with van der Waals surface area (Å²) in [6.45, 7) is 5.84. The van der Waals surface area contributed by atoms with Crippen LogP contribution in [0.25, 0.3) is 0 Å². The lowest BCUT2D eigenvalue weighted by atomic mass is 10.0. The Labute approximate surface area is 190 Å². The highest BCUT2D eigenvalue weighted by Gasteiger charge is 2.30. The third-order valence-electron chi connectivity index (χ3n) is 5.36. The summed E-state index contributed by atoms with van der Waals surface area (Å²) >= 11 is 0. The summed E-state index contributed by atoms with van der Waals surface area (Å²) in [5.74, 6) is -1.86. The third kappa shape index (κ3) is 17.8. The molecule has 6 nitrogen and oxygen atoms in total. The molecule has 1 amide bonds. The van der Waals surface area contributed by atoms with Crippen molar-refractivity contribution in [2.75, 3.05) is 13.2 Å². The van der Waals surface area contributed by atoms with Crippen molar-refractivity contribution in [3.63, 3.8) is 0 Å². The van der Waals surface area contributed by atoms with Crippen molar-refractivity contribution in [2.24, 2.45) is 0 Å². The van der Waals surface area contributed by atoms with E-state index >= 15 is 0 Å². The first-order valence-corrected chi connectivity index (χ1v) is 12.7. The van der Waals surface area contributed by atoms with Gasteiger partial charge in [-0.15, -0.1) is 0 Å². The average molecular weight is 442 g/mol. The molecule has 0 unspecified atom stereocenters. The van der Waals surface area contributed by atoms with E-state index in [1.807, 2.05) is 0 Å². The van der Waals surface area contributed by atoms with E-state index in [0.717, 1.165) is 19.3 Å². The SMILES string of the molecule is CCCCCCCCCCCCCCCCCC(=O)NC(C(=O)OCC)C(=O)OCC. The largest absolute Gasteiger partial charge is 0.464 e. The first kappa shape index (κ1) is 29.4. The Kier molecular flexibility index (Phi) is 20.5. The van der Waals surface area contributed by atoms with Gasteiger partial charge in [0.2, 0.25) is 11.9 Å². The zero-order chi connectivity index (χ0) is 23.2. The third-order valence-corrected chi connectivity index (χ3v) is 5.36. The topological polar surface area (TPSA) is 81.7 Å².